The first-order valence-electron chi connectivity index (χ1n) is 21.5. The Balaban J connectivity index is 0.962. The molecule has 4 aromatic rings. The first kappa shape index (κ1) is 47.6. The highest BCUT2D eigenvalue weighted by molar-refractivity contribution is 8.01. The first-order chi connectivity index (χ1) is 31.6. The molecular weight excluding hydrogens is 934 g/mol. The summed E-state index contributed by atoms with van der Waals surface area (Å²) in [5, 5.41) is 18.8. The van der Waals surface area contributed by atoms with Gasteiger partial charge in [0.05, 0.1) is 44.1 Å². The number of alkyl halides is 3. The average Bonchev–Trinajstić information content (AvgIpc) is 4.25. The molecule has 2 aromatic carbocycles. The Labute approximate surface area is 396 Å². The number of aliphatic hydroxyl groups is 1. The molecule has 21 heteroatoms. The van der Waals surface area contributed by atoms with Gasteiger partial charge in [-0.1, -0.05) is 52.8 Å². The maximum absolute atomic E-state index is 14.5. The van der Waals surface area contributed by atoms with E-state index >= 15 is 0 Å². The molecule has 2 aliphatic heterocycles. The Morgan fingerprint density at radius 2 is 1.48 bits per heavy atom. The largest absolute Gasteiger partial charge is 0.496 e. The number of thiazole rings is 2. The van der Waals surface area contributed by atoms with Gasteiger partial charge in [-0.3, -0.25) is 24.1 Å². The van der Waals surface area contributed by atoms with Crippen LogP contribution in [0.25, 0.3) is 6.08 Å². The lowest BCUT2D eigenvalue weighted by atomic mass is 10.0. The second-order valence-electron chi connectivity index (χ2n) is 16.5. The molecule has 14 nitrogen and oxygen atoms in total. The summed E-state index contributed by atoms with van der Waals surface area (Å²) < 4.78 is 50.5. The number of aryl methyl sites for hydroxylation is 2. The summed E-state index contributed by atoms with van der Waals surface area (Å²) in [4.78, 5) is 69.4. The van der Waals surface area contributed by atoms with Gasteiger partial charge in [0.1, 0.15) is 12.0 Å². The van der Waals surface area contributed by atoms with Crippen LogP contribution >= 0.6 is 46.2 Å². The van der Waals surface area contributed by atoms with Gasteiger partial charge in [-0.25, -0.2) is 9.97 Å². The Hall–Kier alpha value is -4.93. The number of amides is 4. The van der Waals surface area contributed by atoms with Crippen LogP contribution in [-0.2, 0) is 15.8 Å². The zero-order chi connectivity index (χ0) is 46.9. The van der Waals surface area contributed by atoms with Crippen LogP contribution in [-0.4, -0.2) is 130 Å². The molecule has 4 fully saturated rings. The number of hydrogen-bond donors (Lipinski definition) is 3. The van der Waals surface area contributed by atoms with Crippen molar-refractivity contribution in [3.8, 4) is 5.75 Å². The van der Waals surface area contributed by atoms with Gasteiger partial charge in [-0.15, -0.1) is 0 Å². The van der Waals surface area contributed by atoms with Crippen LogP contribution in [0.3, 0.4) is 0 Å². The van der Waals surface area contributed by atoms with Crippen molar-refractivity contribution in [1.82, 2.24) is 29.6 Å². The number of benzene rings is 2. The highest BCUT2D eigenvalue weighted by Crippen LogP contribution is 2.44. The third-order valence-electron chi connectivity index (χ3n) is 11.6. The number of nitrogens with one attached hydrogen (secondary N) is 2. The van der Waals surface area contributed by atoms with Gasteiger partial charge in [0, 0.05) is 74.1 Å². The van der Waals surface area contributed by atoms with E-state index in [4.69, 9.17) is 4.74 Å². The highest BCUT2D eigenvalue weighted by Gasteiger charge is 2.38. The standard InChI is InChI=1S/C45H49F3N8O6S4/c1-5-36(57)53-12-16-55(17-13-53)40(60)29-22-35(25(2)20-31(29)45(46,47)48)64-42-32(51-44(66-42)52-39(59)27-6-7-27)10-11-37(58)54-14-18-56(19-15-54)41(61)30-23-34(26(3)21-33(30)62-4)63-38-24-49-43(65-38)50-28-8-9-28/h5,10-11,20-24,27-28,37,58H,1,6-9,12-19H2,2-4H3,(H,49,50)(H,51,52,59)/b11-10+. The maximum Gasteiger partial charge on any atom is 0.417 e. The van der Waals surface area contributed by atoms with Crippen LogP contribution in [0.4, 0.5) is 23.4 Å². The Morgan fingerprint density at radius 1 is 0.864 bits per heavy atom. The van der Waals surface area contributed by atoms with Gasteiger partial charge in [0.2, 0.25) is 11.8 Å². The van der Waals surface area contributed by atoms with E-state index in [0.717, 1.165) is 80.7 Å². The number of anilines is 2. The minimum absolute atomic E-state index is 0.0585. The van der Waals surface area contributed by atoms with Crippen molar-refractivity contribution in [2.45, 2.75) is 76.2 Å². The lowest BCUT2D eigenvalue weighted by molar-refractivity contribution is -0.138. The number of piperazine rings is 2. The molecule has 350 valence electrons. The van der Waals surface area contributed by atoms with E-state index in [1.54, 1.807) is 40.2 Å². The number of ether oxygens (including phenoxy) is 1. The molecule has 1 unspecified atom stereocenters. The molecule has 4 heterocycles. The van der Waals surface area contributed by atoms with Gasteiger partial charge in [-0.05, 0) is 93.2 Å². The topological polar surface area (TPSA) is 161 Å². The molecule has 0 radical (unpaired) electrons. The van der Waals surface area contributed by atoms with Gasteiger partial charge < -0.3 is 35.2 Å². The fraction of sp³-hybridized carbons (Fsp3) is 0.422. The van der Waals surface area contributed by atoms with Crippen LogP contribution in [0.5, 0.6) is 5.75 Å². The smallest absolute Gasteiger partial charge is 0.417 e. The van der Waals surface area contributed by atoms with Gasteiger partial charge in [0.25, 0.3) is 11.8 Å². The van der Waals surface area contributed by atoms with Crippen molar-refractivity contribution < 1.29 is 42.2 Å². The molecule has 2 aromatic heterocycles. The number of carbonyl (C=O) groups excluding carboxylic acids is 4. The monoisotopic (exact) mass is 982 g/mol. The van der Waals surface area contributed by atoms with E-state index in [9.17, 15) is 37.5 Å². The zero-order valence-corrected chi connectivity index (χ0v) is 39.7. The summed E-state index contributed by atoms with van der Waals surface area (Å²) in [6.45, 7) is 8.81. The van der Waals surface area contributed by atoms with Gasteiger partial charge in [0.15, 0.2) is 10.3 Å². The second-order valence-corrected chi connectivity index (χ2v) is 21.1. The number of halogens is 3. The molecule has 3 N–H and O–H groups in total. The van der Waals surface area contributed by atoms with Crippen molar-refractivity contribution in [3.63, 3.8) is 0 Å². The molecule has 1 atom stereocenters. The van der Waals surface area contributed by atoms with Crippen LogP contribution in [0.2, 0.25) is 0 Å². The van der Waals surface area contributed by atoms with E-state index in [-0.39, 0.29) is 55.4 Å². The summed E-state index contributed by atoms with van der Waals surface area (Å²) in [7, 11) is 1.54. The van der Waals surface area contributed by atoms with Gasteiger partial charge >= 0.3 is 6.18 Å². The highest BCUT2D eigenvalue weighted by atomic mass is 32.2. The van der Waals surface area contributed by atoms with Crippen LogP contribution in [0.15, 0.2) is 67.4 Å². The van der Waals surface area contributed by atoms with Crippen LogP contribution in [0.1, 0.15) is 68.8 Å². The zero-order valence-electron chi connectivity index (χ0n) is 36.5. The fourth-order valence-corrected chi connectivity index (χ4v) is 11.7. The molecule has 8 rings (SSSR count). The molecule has 2 saturated carbocycles. The summed E-state index contributed by atoms with van der Waals surface area (Å²) >= 11 is 5.39. The molecule has 66 heavy (non-hydrogen) atoms. The van der Waals surface area contributed by atoms with Crippen molar-refractivity contribution >= 4 is 86.2 Å². The SMILES string of the molecule is C=CC(=O)N1CCN(C(=O)c2cc(Sc3sc(NC(=O)C4CC4)nc3/C=C/C(O)N3CCN(C(=O)c4cc(Sc5cnc(NC6CC6)s5)c(C)cc4OC)CC3)c(C)cc2C(F)(F)F)CC1. The Kier molecular flexibility index (Phi) is 14.5. The molecule has 2 aliphatic carbocycles. The summed E-state index contributed by atoms with van der Waals surface area (Å²) in [5.41, 5.74) is 0.484. The minimum atomic E-state index is -4.82. The van der Waals surface area contributed by atoms with Crippen LogP contribution < -0.4 is 15.4 Å². The number of carbonyl (C=O) groups is 4. The van der Waals surface area contributed by atoms with E-state index in [2.05, 4.69) is 27.2 Å². The number of aliphatic hydroxyl groups excluding tert-OH is 1. The van der Waals surface area contributed by atoms with Crippen molar-refractivity contribution in [1.29, 1.82) is 0 Å². The quantitative estimate of drug-likeness (QED) is 0.0997. The first-order valence-corrected chi connectivity index (χ1v) is 24.8. The normalized spacial score (nSPS) is 17.5. The lowest BCUT2D eigenvalue weighted by Crippen LogP contribution is -2.51. The van der Waals surface area contributed by atoms with E-state index < -0.39 is 29.4 Å². The predicted octanol–water partition coefficient (Wildman–Crippen LogP) is 7.73. The van der Waals surface area contributed by atoms with Crippen molar-refractivity contribution in [3.05, 3.63) is 82.7 Å². The second kappa shape index (κ2) is 20.1. The Morgan fingerprint density at radius 3 is 2.12 bits per heavy atom. The van der Waals surface area contributed by atoms with E-state index in [1.165, 1.54) is 29.9 Å². The minimum Gasteiger partial charge on any atom is -0.496 e. The predicted molar refractivity (Wildman–Crippen MR) is 250 cm³/mol. The third-order valence-corrected chi connectivity index (χ3v) is 16.2. The summed E-state index contributed by atoms with van der Waals surface area (Å²) in [5.74, 6) is -1.12. The van der Waals surface area contributed by atoms with E-state index in [1.807, 2.05) is 30.2 Å². The summed E-state index contributed by atoms with van der Waals surface area (Å²) in [6, 6.07) is 6.44. The maximum atomic E-state index is 14.5. The number of methoxy groups -OCH3 is 1. The average molecular weight is 983 g/mol. The van der Waals surface area contributed by atoms with Crippen LogP contribution in [0, 0.1) is 19.8 Å². The number of nitrogens with zero attached hydrogens (tertiary/aromatic N) is 6. The molecular formula is C45H49F3N8O6S4. The molecule has 4 aliphatic rings. The van der Waals surface area contributed by atoms with Crippen molar-refractivity contribution in [2.75, 3.05) is 70.1 Å². The molecule has 2 saturated heterocycles. The number of aromatic nitrogens is 2. The van der Waals surface area contributed by atoms with Crippen molar-refractivity contribution in [2.24, 2.45) is 5.92 Å². The third kappa shape index (κ3) is 11.2. The molecule has 0 spiro atoms. The fourth-order valence-electron chi connectivity index (χ4n) is 7.49. The number of hydrogen-bond acceptors (Lipinski definition) is 14. The molecule has 4 amide bonds. The Bertz CT molecular complexity index is 2540. The summed E-state index contributed by atoms with van der Waals surface area (Å²) in [6.07, 6.45) is 4.09. The lowest BCUT2D eigenvalue weighted by Gasteiger charge is -2.36. The van der Waals surface area contributed by atoms with E-state index in [0.29, 0.717) is 63.5 Å². The number of rotatable bonds is 15. The van der Waals surface area contributed by atoms with Gasteiger partial charge in [-0.2, -0.15) is 13.2 Å². The molecule has 0 bridgehead atoms.